The van der Waals surface area contributed by atoms with Gasteiger partial charge in [0, 0.05) is 16.9 Å². The summed E-state index contributed by atoms with van der Waals surface area (Å²) >= 11 is 0. The average Bonchev–Trinajstić information content (AvgIpc) is 2.49. The van der Waals surface area contributed by atoms with Gasteiger partial charge in [-0.05, 0) is 30.3 Å². The molecule has 0 atom stereocenters. The van der Waals surface area contributed by atoms with E-state index in [1.54, 1.807) is 18.2 Å². The summed E-state index contributed by atoms with van der Waals surface area (Å²) in [6, 6.07) is 10.2. The molecule has 0 aliphatic rings. The Balaban J connectivity index is 2.31. The topological polar surface area (TPSA) is 107 Å². The van der Waals surface area contributed by atoms with E-state index in [2.05, 4.69) is 11.9 Å². The predicted octanol–water partition coefficient (Wildman–Crippen LogP) is 2.45. The number of hydrogen-bond donors (Lipinski definition) is 4. The van der Waals surface area contributed by atoms with Gasteiger partial charge in [0.15, 0.2) is 11.5 Å². The molecule has 0 radical (unpaired) electrons. The molecule has 0 amide bonds. The lowest BCUT2D eigenvalue weighted by Gasteiger charge is -2.13. The van der Waals surface area contributed by atoms with Crippen molar-refractivity contribution < 1.29 is 24.9 Å². The van der Waals surface area contributed by atoms with Crippen LogP contribution < -0.4 is 5.32 Å². The van der Waals surface area contributed by atoms with Crippen molar-refractivity contribution >= 4 is 23.1 Å². The standard InChI is InChI=1S/C16H13NO5/c1-9(10-6-7-13(18)14(19)8-10)17-12-5-3-2-4-11(12)15(20)16(21)22/h2-8,17-19H,1H2,(H,21,22). The lowest BCUT2D eigenvalue weighted by atomic mass is 10.1. The van der Waals surface area contributed by atoms with Crippen LogP contribution in [0.3, 0.4) is 0 Å². The number of nitrogens with one attached hydrogen (secondary N) is 1. The monoisotopic (exact) mass is 299 g/mol. The molecule has 2 aromatic rings. The van der Waals surface area contributed by atoms with Gasteiger partial charge in [-0.3, -0.25) is 4.79 Å². The molecule has 0 aliphatic heterocycles. The van der Waals surface area contributed by atoms with E-state index in [4.69, 9.17) is 5.11 Å². The highest BCUT2D eigenvalue weighted by molar-refractivity contribution is 6.41. The summed E-state index contributed by atoms with van der Waals surface area (Å²) in [6.45, 7) is 3.77. The highest BCUT2D eigenvalue weighted by atomic mass is 16.4. The lowest BCUT2D eigenvalue weighted by Crippen LogP contribution is -2.15. The number of benzene rings is 2. The third kappa shape index (κ3) is 3.06. The Kier molecular flexibility index (Phi) is 4.13. The number of para-hydroxylation sites is 1. The maximum absolute atomic E-state index is 11.6. The van der Waals surface area contributed by atoms with E-state index >= 15 is 0 Å². The summed E-state index contributed by atoms with van der Waals surface area (Å²) in [5, 5.41) is 30.4. The summed E-state index contributed by atoms with van der Waals surface area (Å²) in [4.78, 5) is 22.5. The zero-order valence-corrected chi connectivity index (χ0v) is 11.4. The molecular formula is C16H13NO5. The maximum atomic E-state index is 11.6. The average molecular weight is 299 g/mol. The smallest absolute Gasteiger partial charge is 0.377 e. The minimum absolute atomic E-state index is 0.000787. The van der Waals surface area contributed by atoms with Crippen LogP contribution in [0.1, 0.15) is 15.9 Å². The fourth-order valence-electron chi connectivity index (χ4n) is 1.85. The number of hydrogen-bond acceptors (Lipinski definition) is 5. The number of carbonyl (C=O) groups is 2. The summed E-state index contributed by atoms with van der Waals surface area (Å²) in [7, 11) is 0. The summed E-state index contributed by atoms with van der Waals surface area (Å²) in [6.07, 6.45) is 0. The van der Waals surface area contributed by atoms with Crippen LogP contribution in [0.25, 0.3) is 5.70 Å². The molecule has 2 aromatic carbocycles. The number of phenolic OH excluding ortho intramolecular Hbond substituents is 2. The van der Waals surface area contributed by atoms with Gasteiger partial charge in [0.05, 0.1) is 5.56 Å². The number of rotatable bonds is 5. The molecule has 112 valence electrons. The van der Waals surface area contributed by atoms with Gasteiger partial charge in [-0.1, -0.05) is 18.7 Å². The number of carboxylic acid groups (broad SMARTS) is 1. The minimum atomic E-state index is -1.55. The number of anilines is 1. The second kappa shape index (κ2) is 6.01. The van der Waals surface area contributed by atoms with Crippen molar-refractivity contribution in [1.82, 2.24) is 0 Å². The van der Waals surface area contributed by atoms with E-state index in [-0.39, 0.29) is 22.7 Å². The zero-order valence-electron chi connectivity index (χ0n) is 11.4. The number of Topliss-reactive ketones (excluding diaryl/α,β-unsaturated/α-hetero) is 1. The van der Waals surface area contributed by atoms with E-state index in [9.17, 15) is 19.8 Å². The van der Waals surface area contributed by atoms with Crippen molar-refractivity contribution in [3.8, 4) is 11.5 Å². The Labute approximate surface area is 126 Å². The van der Waals surface area contributed by atoms with Gasteiger partial charge in [0.25, 0.3) is 5.78 Å². The van der Waals surface area contributed by atoms with E-state index < -0.39 is 11.8 Å². The number of aliphatic carboxylic acids is 1. The van der Waals surface area contributed by atoms with Crippen LogP contribution in [0.15, 0.2) is 49.0 Å². The maximum Gasteiger partial charge on any atom is 0.377 e. The Hall–Kier alpha value is -3.28. The van der Waals surface area contributed by atoms with Crippen LogP contribution in [0.4, 0.5) is 5.69 Å². The van der Waals surface area contributed by atoms with E-state index in [0.29, 0.717) is 11.3 Å². The molecule has 0 bridgehead atoms. The first-order chi connectivity index (χ1) is 10.4. The van der Waals surface area contributed by atoms with Gasteiger partial charge in [-0.25, -0.2) is 4.79 Å². The van der Waals surface area contributed by atoms with Crippen LogP contribution in [0.2, 0.25) is 0 Å². The molecule has 2 rings (SSSR count). The predicted molar refractivity (Wildman–Crippen MR) is 80.8 cm³/mol. The molecular weight excluding hydrogens is 286 g/mol. The molecule has 6 heteroatoms. The highest BCUT2D eigenvalue weighted by Gasteiger charge is 2.18. The first kappa shape index (κ1) is 15.1. The van der Waals surface area contributed by atoms with Crippen LogP contribution in [0.5, 0.6) is 11.5 Å². The van der Waals surface area contributed by atoms with Crippen LogP contribution >= 0.6 is 0 Å². The van der Waals surface area contributed by atoms with Crippen LogP contribution in [-0.4, -0.2) is 27.1 Å². The molecule has 4 N–H and O–H groups in total. The second-order valence-corrected chi connectivity index (χ2v) is 4.49. The first-order valence-electron chi connectivity index (χ1n) is 6.25. The van der Waals surface area contributed by atoms with Gasteiger partial charge >= 0.3 is 5.97 Å². The number of carboxylic acids is 1. The van der Waals surface area contributed by atoms with Crippen molar-refractivity contribution in [2.75, 3.05) is 5.32 Å². The summed E-state index contributed by atoms with van der Waals surface area (Å²) in [5.41, 5.74) is 1.10. The Morgan fingerprint density at radius 3 is 2.32 bits per heavy atom. The largest absolute Gasteiger partial charge is 0.504 e. The Morgan fingerprint density at radius 1 is 1.00 bits per heavy atom. The molecule has 0 spiro atoms. The molecule has 22 heavy (non-hydrogen) atoms. The van der Waals surface area contributed by atoms with Crippen molar-refractivity contribution in [3.63, 3.8) is 0 Å². The first-order valence-corrected chi connectivity index (χ1v) is 6.25. The van der Waals surface area contributed by atoms with Crippen LogP contribution in [-0.2, 0) is 4.79 Å². The van der Waals surface area contributed by atoms with Crippen molar-refractivity contribution in [2.24, 2.45) is 0 Å². The normalized spacial score (nSPS) is 10.0. The molecule has 0 aliphatic carbocycles. The van der Waals surface area contributed by atoms with Gasteiger partial charge in [-0.15, -0.1) is 0 Å². The van der Waals surface area contributed by atoms with Crippen molar-refractivity contribution in [1.29, 1.82) is 0 Å². The van der Waals surface area contributed by atoms with Crippen molar-refractivity contribution in [3.05, 3.63) is 60.2 Å². The number of carbonyl (C=O) groups excluding carboxylic acids is 1. The second-order valence-electron chi connectivity index (χ2n) is 4.49. The van der Waals surface area contributed by atoms with Crippen molar-refractivity contribution in [2.45, 2.75) is 0 Å². The minimum Gasteiger partial charge on any atom is -0.504 e. The fourth-order valence-corrected chi connectivity index (χ4v) is 1.85. The van der Waals surface area contributed by atoms with Gasteiger partial charge in [0.1, 0.15) is 0 Å². The molecule has 0 fully saturated rings. The zero-order chi connectivity index (χ0) is 16.3. The fraction of sp³-hybridized carbons (Fsp3) is 0. The van der Waals surface area contributed by atoms with Gasteiger partial charge in [-0.2, -0.15) is 0 Å². The molecule has 0 heterocycles. The highest BCUT2D eigenvalue weighted by Crippen LogP contribution is 2.29. The summed E-state index contributed by atoms with van der Waals surface area (Å²) in [5.74, 6) is -3.17. The number of phenols is 2. The lowest BCUT2D eigenvalue weighted by molar-refractivity contribution is -0.131. The Morgan fingerprint density at radius 2 is 1.68 bits per heavy atom. The third-order valence-electron chi connectivity index (χ3n) is 2.98. The van der Waals surface area contributed by atoms with Gasteiger partial charge in [0.2, 0.25) is 0 Å². The summed E-state index contributed by atoms with van der Waals surface area (Å²) < 4.78 is 0. The molecule has 6 nitrogen and oxygen atoms in total. The quantitative estimate of drug-likeness (QED) is 0.384. The van der Waals surface area contributed by atoms with E-state index in [0.717, 1.165) is 0 Å². The SMILES string of the molecule is C=C(Nc1ccccc1C(=O)C(=O)O)c1ccc(O)c(O)c1. The molecule has 0 aromatic heterocycles. The van der Waals surface area contributed by atoms with E-state index in [1.807, 2.05) is 0 Å². The molecule has 0 saturated heterocycles. The number of aromatic hydroxyl groups is 2. The van der Waals surface area contributed by atoms with Crippen LogP contribution in [0, 0.1) is 0 Å². The molecule has 0 unspecified atom stereocenters. The van der Waals surface area contributed by atoms with E-state index in [1.165, 1.54) is 24.3 Å². The molecule has 0 saturated carbocycles. The Bertz CT molecular complexity index is 767. The van der Waals surface area contributed by atoms with Gasteiger partial charge < -0.3 is 20.6 Å². The number of ketones is 1. The third-order valence-corrected chi connectivity index (χ3v) is 2.98.